The topological polar surface area (TPSA) is 29.5 Å². The minimum atomic E-state index is 0.839. The third kappa shape index (κ3) is 5.28. The minimum absolute atomic E-state index is 0.839. The van der Waals surface area contributed by atoms with E-state index in [4.69, 9.17) is 8.83 Å². The van der Waals surface area contributed by atoms with Crippen molar-refractivity contribution in [1.82, 2.24) is 0 Å². The fourth-order valence-electron chi connectivity index (χ4n) is 8.21. The Hall–Kier alpha value is -7.36. The molecule has 0 aliphatic carbocycles. The number of fused-ring (bicyclic) bond motifs is 7. The summed E-state index contributed by atoms with van der Waals surface area (Å²) < 4.78 is 13.2. The first-order valence-electron chi connectivity index (χ1n) is 18.7. The summed E-state index contributed by atoms with van der Waals surface area (Å²) in [5.74, 6) is 0. The second-order valence-corrected chi connectivity index (χ2v) is 14.1. The summed E-state index contributed by atoms with van der Waals surface area (Å²) >= 11 is 0. The van der Waals surface area contributed by atoms with E-state index in [-0.39, 0.29) is 0 Å². The van der Waals surface area contributed by atoms with Crippen LogP contribution in [0.5, 0.6) is 0 Å². The highest BCUT2D eigenvalue weighted by molar-refractivity contribution is 6.15. The van der Waals surface area contributed by atoms with E-state index in [1.165, 1.54) is 33.0 Å². The molecule has 3 heteroatoms. The van der Waals surface area contributed by atoms with Crippen molar-refractivity contribution < 1.29 is 8.83 Å². The maximum Gasteiger partial charge on any atom is 0.137 e. The van der Waals surface area contributed by atoms with E-state index in [0.29, 0.717) is 0 Å². The van der Waals surface area contributed by atoms with Crippen LogP contribution in [0.25, 0.3) is 88.0 Å². The average molecular weight is 704 g/mol. The Labute approximate surface area is 317 Å². The van der Waals surface area contributed by atoms with Crippen LogP contribution >= 0.6 is 0 Å². The highest BCUT2D eigenvalue weighted by Crippen LogP contribution is 2.45. The molecule has 2 aromatic heterocycles. The maximum atomic E-state index is 6.66. The lowest BCUT2D eigenvalue weighted by Crippen LogP contribution is -2.10. The first kappa shape index (κ1) is 31.2. The molecule has 0 saturated carbocycles. The monoisotopic (exact) mass is 703 g/mol. The Balaban J connectivity index is 1.11. The summed E-state index contributed by atoms with van der Waals surface area (Å²) in [6.07, 6.45) is 0. The molecule has 0 aliphatic heterocycles. The predicted molar refractivity (Wildman–Crippen MR) is 229 cm³/mol. The fraction of sp³-hybridized carbons (Fsp3) is 0. The van der Waals surface area contributed by atoms with Crippen LogP contribution in [-0.2, 0) is 0 Å². The molecule has 0 unspecified atom stereocenters. The zero-order valence-electron chi connectivity index (χ0n) is 29.8. The summed E-state index contributed by atoms with van der Waals surface area (Å²) in [7, 11) is 0. The van der Waals surface area contributed by atoms with Crippen molar-refractivity contribution in [2.45, 2.75) is 0 Å². The normalized spacial score (nSPS) is 11.6. The average Bonchev–Trinajstić information content (AvgIpc) is 3.82. The number of rotatable bonds is 6. The first-order chi connectivity index (χ1) is 27.2. The first-order valence-corrected chi connectivity index (χ1v) is 18.7. The number of furan rings is 2. The molecule has 0 radical (unpaired) electrons. The highest BCUT2D eigenvalue weighted by Gasteiger charge is 2.21. The molecule has 0 N–H and O–H groups in total. The molecule has 11 rings (SSSR count). The van der Waals surface area contributed by atoms with Crippen molar-refractivity contribution in [3.05, 3.63) is 200 Å². The molecule has 11 aromatic rings. The summed E-state index contributed by atoms with van der Waals surface area (Å²) in [6.45, 7) is 0. The number of hydrogen-bond acceptors (Lipinski definition) is 3. The van der Waals surface area contributed by atoms with Crippen LogP contribution in [0.2, 0.25) is 0 Å². The van der Waals surface area contributed by atoms with E-state index in [1.54, 1.807) is 0 Å². The van der Waals surface area contributed by atoms with Gasteiger partial charge in [0.1, 0.15) is 22.3 Å². The van der Waals surface area contributed by atoms with E-state index >= 15 is 0 Å². The second kappa shape index (κ2) is 12.6. The zero-order chi connectivity index (χ0) is 36.3. The lowest BCUT2D eigenvalue weighted by atomic mass is 9.98. The van der Waals surface area contributed by atoms with E-state index in [1.807, 2.05) is 6.07 Å². The van der Waals surface area contributed by atoms with Gasteiger partial charge >= 0.3 is 0 Å². The third-order valence-electron chi connectivity index (χ3n) is 10.9. The number of anilines is 3. The van der Waals surface area contributed by atoms with Gasteiger partial charge in [-0.1, -0.05) is 133 Å². The van der Waals surface area contributed by atoms with E-state index in [2.05, 4.69) is 199 Å². The number of hydrogen-bond donors (Lipinski definition) is 0. The van der Waals surface area contributed by atoms with Gasteiger partial charge < -0.3 is 13.7 Å². The molecule has 0 amide bonds. The van der Waals surface area contributed by atoms with Gasteiger partial charge in [-0.05, 0) is 105 Å². The molecule has 55 heavy (non-hydrogen) atoms. The zero-order valence-corrected chi connectivity index (χ0v) is 29.8. The third-order valence-corrected chi connectivity index (χ3v) is 10.9. The second-order valence-electron chi connectivity index (χ2n) is 14.1. The fourth-order valence-corrected chi connectivity index (χ4v) is 8.21. The van der Waals surface area contributed by atoms with Crippen LogP contribution in [0.3, 0.4) is 0 Å². The Morgan fingerprint density at radius 2 is 0.909 bits per heavy atom. The number of benzene rings is 9. The van der Waals surface area contributed by atoms with Crippen molar-refractivity contribution in [2.24, 2.45) is 0 Å². The lowest BCUT2D eigenvalue weighted by molar-refractivity contribution is 0.669. The highest BCUT2D eigenvalue weighted by atomic mass is 16.3. The Bertz CT molecular complexity index is 3190. The molecule has 3 nitrogen and oxygen atoms in total. The van der Waals surface area contributed by atoms with Crippen LogP contribution in [0.4, 0.5) is 17.1 Å². The maximum absolute atomic E-state index is 6.66. The van der Waals surface area contributed by atoms with Gasteiger partial charge in [-0.3, -0.25) is 0 Å². The SMILES string of the molecule is c1ccc(-c2ccc3c(c2)oc2cc(N(c4ccc(-c5cccc6ccccc56)cc4)c4cccc5oc6ccc(-c7ccccc7)cc6c45)ccc23)cc1. The van der Waals surface area contributed by atoms with Crippen LogP contribution in [0.1, 0.15) is 0 Å². The van der Waals surface area contributed by atoms with Crippen LogP contribution in [-0.4, -0.2) is 0 Å². The van der Waals surface area contributed by atoms with Crippen LogP contribution in [0, 0.1) is 0 Å². The van der Waals surface area contributed by atoms with Gasteiger partial charge in [-0.2, -0.15) is 0 Å². The Morgan fingerprint density at radius 1 is 0.309 bits per heavy atom. The lowest BCUT2D eigenvalue weighted by Gasteiger charge is -2.26. The van der Waals surface area contributed by atoms with Gasteiger partial charge in [-0.15, -0.1) is 0 Å². The van der Waals surface area contributed by atoms with Gasteiger partial charge in [0, 0.05) is 33.6 Å². The molecule has 0 saturated heterocycles. The largest absolute Gasteiger partial charge is 0.456 e. The van der Waals surface area contributed by atoms with E-state index in [0.717, 1.165) is 72.1 Å². The minimum Gasteiger partial charge on any atom is -0.456 e. The van der Waals surface area contributed by atoms with Gasteiger partial charge in [0.05, 0.1) is 11.1 Å². The summed E-state index contributed by atoms with van der Waals surface area (Å²) in [5, 5.41) is 6.79. The Morgan fingerprint density at radius 3 is 1.71 bits per heavy atom. The molecule has 0 fully saturated rings. The van der Waals surface area contributed by atoms with Crippen molar-refractivity contribution in [1.29, 1.82) is 0 Å². The van der Waals surface area contributed by atoms with Crippen LogP contribution < -0.4 is 4.90 Å². The molecular formula is C52H33NO2. The van der Waals surface area contributed by atoms with Gasteiger partial charge in [-0.25, -0.2) is 0 Å². The van der Waals surface area contributed by atoms with Crippen molar-refractivity contribution in [3.63, 3.8) is 0 Å². The summed E-state index contributed by atoms with van der Waals surface area (Å²) in [5.41, 5.74) is 13.5. The summed E-state index contributed by atoms with van der Waals surface area (Å²) in [4.78, 5) is 2.33. The standard InChI is InChI=1S/C52H33NO2/c1-3-11-34(12-4-1)38-24-30-48-46(31-38)52-47(19-10-20-49(52)54-48)53(40-25-21-37(22-26-40)43-18-9-16-36-15-7-8-17-42(36)43)41-27-29-45-44-28-23-39(35-13-5-2-6-14-35)32-50(44)55-51(45)33-41/h1-33H. The molecule has 0 atom stereocenters. The molecule has 0 aliphatic rings. The molecule has 9 aromatic carbocycles. The molecule has 0 bridgehead atoms. The van der Waals surface area contributed by atoms with Gasteiger partial charge in [0.2, 0.25) is 0 Å². The molecule has 0 spiro atoms. The van der Waals surface area contributed by atoms with Crippen molar-refractivity contribution >= 4 is 71.7 Å². The van der Waals surface area contributed by atoms with Gasteiger partial charge in [0.15, 0.2) is 0 Å². The van der Waals surface area contributed by atoms with E-state index in [9.17, 15) is 0 Å². The molecule has 258 valence electrons. The van der Waals surface area contributed by atoms with Crippen molar-refractivity contribution in [3.8, 4) is 33.4 Å². The quantitative estimate of drug-likeness (QED) is 0.173. The summed E-state index contributed by atoms with van der Waals surface area (Å²) in [6, 6.07) is 70.9. The molecular weight excluding hydrogens is 671 g/mol. The Kier molecular flexibility index (Phi) is 7.17. The smallest absolute Gasteiger partial charge is 0.137 e. The predicted octanol–water partition coefficient (Wildman–Crippen LogP) is 15.1. The molecule has 2 heterocycles. The van der Waals surface area contributed by atoms with E-state index < -0.39 is 0 Å². The van der Waals surface area contributed by atoms with Crippen molar-refractivity contribution in [2.75, 3.05) is 4.90 Å². The van der Waals surface area contributed by atoms with Crippen LogP contribution in [0.15, 0.2) is 209 Å². The number of nitrogens with zero attached hydrogens (tertiary/aromatic N) is 1. The van der Waals surface area contributed by atoms with Gasteiger partial charge in [0.25, 0.3) is 0 Å².